The van der Waals surface area contributed by atoms with Gasteiger partial charge in [0.15, 0.2) is 0 Å². The average Bonchev–Trinajstić information content (AvgIpc) is 2.87. The first kappa shape index (κ1) is 19.1. The second-order valence-corrected chi connectivity index (χ2v) is 7.30. The molecule has 1 N–H and O–H groups in total. The lowest BCUT2D eigenvalue weighted by Crippen LogP contribution is -2.41. The van der Waals surface area contributed by atoms with Gasteiger partial charge in [0.05, 0.1) is 0 Å². The Morgan fingerprint density at radius 1 is 1.19 bits per heavy atom. The van der Waals surface area contributed by atoms with Crippen LogP contribution in [0.2, 0.25) is 0 Å². The van der Waals surface area contributed by atoms with Gasteiger partial charge in [-0.15, -0.1) is 0 Å². The van der Waals surface area contributed by atoms with Crippen molar-refractivity contribution in [3.8, 4) is 0 Å². The van der Waals surface area contributed by atoms with E-state index in [1.165, 1.54) is 23.3 Å². The van der Waals surface area contributed by atoms with Crippen LogP contribution in [0.4, 0.5) is 10.5 Å². The van der Waals surface area contributed by atoms with Gasteiger partial charge in [-0.05, 0) is 58.1 Å². The Labute approximate surface area is 160 Å². The number of nitrogens with zero attached hydrogens (tertiary/aromatic N) is 2. The molecule has 1 aliphatic heterocycles. The van der Waals surface area contributed by atoms with Crippen molar-refractivity contribution in [2.24, 2.45) is 0 Å². The number of amides is 4. The molecule has 1 atom stereocenters. The van der Waals surface area contributed by atoms with Gasteiger partial charge < -0.3 is 5.32 Å². The SMILES string of the molecule is Cc1ccc(N2C(=O)N(CC(=O)NCCC3=CCCCC3)C(=O)[C@@H]2C)cc1. The molecule has 0 radical (unpaired) electrons. The number of hydrogen-bond acceptors (Lipinski definition) is 3. The van der Waals surface area contributed by atoms with Crippen LogP contribution in [0.1, 0.15) is 44.6 Å². The first-order chi connectivity index (χ1) is 13.0. The highest BCUT2D eigenvalue weighted by Crippen LogP contribution is 2.26. The zero-order valence-electron chi connectivity index (χ0n) is 16.0. The van der Waals surface area contributed by atoms with E-state index in [1.54, 1.807) is 6.92 Å². The third-order valence-corrected chi connectivity index (χ3v) is 5.21. The van der Waals surface area contributed by atoms with Crippen LogP contribution in [-0.4, -0.2) is 41.9 Å². The quantitative estimate of drug-likeness (QED) is 0.619. The summed E-state index contributed by atoms with van der Waals surface area (Å²) in [5, 5.41) is 2.83. The van der Waals surface area contributed by atoms with Gasteiger partial charge >= 0.3 is 6.03 Å². The Balaban J connectivity index is 1.56. The summed E-state index contributed by atoms with van der Waals surface area (Å²) in [6, 6.07) is 6.38. The minimum Gasteiger partial charge on any atom is -0.354 e. The third-order valence-electron chi connectivity index (χ3n) is 5.21. The highest BCUT2D eigenvalue weighted by Gasteiger charge is 2.43. The van der Waals surface area contributed by atoms with Crippen LogP contribution >= 0.6 is 0 Å². The fraction of sp³-hybridized carbons (Fsp3) is 0.476. The Morgan fingerprint density at radius 3 is 2.59 bits per heavy atom. The normalized spacial score (nSPS) is 20.1. The minimum absolute atomic E-state index is 0.233. The van der Waals surface area contributed by atoms with E-state index in [0.717, 1.165) is 29.7 Å². The van der Waals surface area contributed by atoms with Crippen molar-refractivity contribution in [3.05, 3.63) is 41.5 Å². The van der Waals surface area contributed by atoms with Gasteiger partial charge in [0.25, 0.3) is 5.91 Å². The van der Waals surface area contributed by atoms with Gasteiger partial charge in [-0.1, -0.05) is 29.3 Å². The number of nitrogens with one attached hydrogen (secondary N) is 1. The first-order valence-electron chi connectivity index (χ1n) is 9.63. The Morgan fingerprint density at radius 2 is 1.93 bits per heavy atom. The minimum atomic E-state index is -0.611. The van der Waals surface area contributed by atoms with Gasteiger partial charge in [-0.2, -0.15) is 0 Å². The van der Waals surface area contributed by atoms with Crippen molar-refractivity contribution < 1.29 is 14.4 Å². The molecule has 0 bridgehead atoms. The van der Waals surface area contributed by atoms with Crippen LogP contribution in [0.15, 0.2) is 35.9 Å². The summed E-state index contributed by atoms with van der Waals surface area (Å²) in [4.78, 5) is 39.9. The number of benzene rings is 1. The maximum absolute atomic E-state index is 12.7. The highest BCUT2D eigenvalue weighted by molar-refractivity contribution is 6.15. The van der Waals surface area contributed by atoms with E-state index in [4.69, 9.17) is 0 Å². The molecule has 2 aliphatic rings. The number of carbonyl (C=O) groups excluding carboxylic acids is 3. The van der Waals surface area contributed by atoms with E-state index < -0.39 is 12.1 Å². The summed E-state index contributed by atoms with van der Waals surface area (Å²) >= 11 is 0. The molecule has 1 heterocycles. The smallest absolute Gasteiger partial charge is 0.332 e. The number of anilines is 1. The van der Waals surface area contributed by atoms with Gasteiger partial charge in [0.2, 0.25) is 5.91 Å². The molecule has 6 heteroatoms. The molecule has 1 aromatic carbocycles. The zero-order chi connectivity index (χ0) is 19.4. The van der Waals surface area contributed by atoms with E-state index >= 15 is 0 Å². The molecule has 0 unspecified atom stereocenters. The monoisotopic (exact) mass is 369 g/mol. The van der Waals surface area contributed by atoms with Crippen LogP contribution in [0, 0.1) is 6.92 Å². The number of aryl methyl sites for hydroxylation is 1. The predicted octanol–water partition coefficient (Wildman–Crippen LogP) is 3.16. The molecule has 3 rings (SSSR count). The van der Waals surface area contributed by atoms with Crippen LogP contribution in [-0.2, 0) is 9.59 Å². The molecule has 0 saturated carbocycles. The molecule has 144 valence electrons. The van der Waals surface area contributed by atoms with Gasteiger partial charge in [0, 0.05) is 12.2 Å². The molecule has 27 heavy (non-hydrogen) atoms. The van der Waals surface area contributed by atoms with Crippen molar-refractivity contribution in [2.75, 3.05) is 18.0 Å². The average molecular weight is 369 g/mol. The lowest BCUT2D eigenvalue weighted by atomic mass is 9.97. The number of carbonyl (C=O) groups is 3. The maximum atomic E-state index is 12.7. The summed E-state index contributed by atoms with van der Waals surface area (Å²) in [6.45, 7) is 3.96. The fourth-order valence-electron chi connectivity index (χ4n) is 3.60. The van der Waals surface area contributed by atoms with E-state index in [1.807, 2.05) is 31.2 Å². The molecular formula is C21H27N3O3. The number of allylic oxidation sites excluding steroid dienone is 1. The number of rotatable bonds is 6. The van der Waals surface area contributed by atoms with Crippen molar-refractivity contribution in [3.63, 3.8) is 0 Å². The molecule has 1 fully saturated rings. The second kappa shape index (κ2) is 8.37. The van der Waals surface area contributed by atoms with Crippen molar-refractivity contribution in [2.45, 2.75) is 52.0 Å². The topological polar surface area (TPSA) is 69.7 Å². The van der Waals surface area contributed by atoms with Crippen molar-refractivity contribution in [1.82, 2.24) is 10.2 Å². The molecule has 1 saturated heterocycles. The molecule has 0 aromatic heterocycles. The third kappa shape index (κ3) is 4.38. The molecule has 1 aliphatic carbocycles. The largest absolute Gasteiger partial charge is 0.354 e. The van der Waals surface area contributed by atoms with Crippen molar-refractivity contribution in [1.29, 1.82) is 0 Å². The van der Waals surface area contributed by atoms with E-state index in [0.29, 0.717) is 12.2 Å². The maximum Gasteiger partial charge on any atom is 0.332 e. The summed E-state index contributed by atoms with van der Waals surface area (Å²) < 4.78 is 0. The summed E-state index contributed by atoms with van der Waals surface area (Å²) in [5.41, 5.74) is 3.13. The van der Waals surface area contributed by atoms with Crippen LogP contribution in [0.3, 0.4) is 0 Å². The van der Waals surface area contributed by atoms with E-state index in [-0.39, 0.29) is 18.4 Å². The number of imide groups is 1. The molecular weight excluding hydrogens is 342 g/mol. The van der Waals surface area contributed by atoms with Crippen LogP contribution in [0.5, 0.6) is 0 Å². The fourth-order valence-corrected chi connectivity index (χ4v) is 3.60. The summed E-state index contributed by atoms with van der Waals surface area (Å²) in [7, 11) is 0. The zero-order valence-corrected chi connectivity index (χ0v) is 16.0. The standard InChI is InChI=1S/C21H27N3O3/c1-15-8-10-18(11-9-15)24-16(2)20(26)23(21(24)27)14-19(25)22-13-12-17-6-4-3-5-7-17/h6,8-11,16H,3-5,7,12-14H2,1-2H3,(H,22,25)/t16-/m0/s1. The van der Waals surface area contributed by atoms with Crippen LogP contribution in [0.25, 0.3) is 0 Å². The second-order valence-electron chi connectivity index (χ2n) is 7.30. The van der Waals surface area contributed by atoms with Crippen molar-refractivity contribution >= 4 is 23.5 Å². The van der Waals surface area contributed by atoms with Crippen LogP contribution < -0.4 is 10.2 Å². The van der Waals surface area contributed by atoms with E-state index in [2.05, 4.69) is 11.4 Å². The molecule has 4 amide bonds. The van der Waals surface area contributed by atoms with Gasteiger partial charge in [0.1, 0.15) is 12.6 Å². The Hall–Kier alpha value is -2.63. The predicted molar refractivity (Wildman–Crippen MR) is 104 cm³/mol. The lowest BCUT2D eigenvalue weighted by molar-refractivity contribution is -0.131. The Kier molecular flexibility index (Phi) is 5.94. The lowest BCUT2D eigenvalue weighted by Gasteiger charge is -2.19. The molecule has 6 nitrogen and oxygen atoms in total. The van der Waals surface area contributed by atoms with E-state index in [9.17, 15) is 14.4 Å². The van der Waals surface area contributed by atoms with Gasteiger partial charge in [-0.25, -0.2) is 4.79 Å². The molecule has 0 spiro atoms. The first-order valence-corrected chi connectivity index (χ1v) is 9.63. The highest BCUT2D eigenvalue weighted by atomic mass is 16.2. The molecule has 1 aromatic rings. The Bertz CT molecular complexity index is 754. The summed E-state index contributed by atoms with van der Waals surface area (Å²) in [5.74, 6) is -0.642. The number of hydrogen-bond donors (Lipinski definition) is 1. The summed E-state index contributed by atoms with van der Waals surface area (Å²) in [6.07, 6.45) is 7.76. The van der Waals surface area contributed by atoms with Gasteiger partial charge in [-0.3, -0.25) is 19.4 Å². The number of urea groups is 1.